The van der Waals surface area contributed by atoms with Gasteiger partial charge in [0.25, 0.3) is 20.0 Å². The molecule has 0 radical (unpaired) electrons. The first kappa shape index (κ1) is 31.0. The quantitative estimate of drug-likeness (QED) is 0.352. The molecule has 1 aliphatic heterocycles. The predicted octanol–water partition coefficient (Wildman–Crippen LogP) is 2.56. The average molecular weight is 623 g/mol. The fourth-order valence-electron chi connectivity index (χ4n) is 4.65. The van der Waals surface area contributed by atoms with E-state index in [4.69, 9.17) is 15.2 Å². The normalized spacial score (nSPS) is 15.6. The van der Waals surface area contributed by atoms with E-state index in [0.717, 1.165) is 25.2 Å². The highest BCUT2D eigenvalue weighted by molar-refractivity contribution is 8.04. The highest BCUT2D eigenvalue weighted by atomic mass is 32.3. The van der Waals surface area contributed by atoms with Crippen LogP contribution in [0.25, 0.3) is 0 Å². The maximum absolute atomic E-state index is 13.7. The number of carbonyl (C=O) groups is 2. The van der Waals surface area contributed by atoms with Crippen molar-refractivity contribution < 1.29 is 35.9 Å². The number of nitriles is 1. The lowest BCUT2D eigenvalue weighted by Crippen LogP contribution is -2.41. The van der Waals surface area contributed by atoms with Crippen LogP contribution in [0.2, 0.25) is 0 Å². The van der Waals surface area contributed by atoms with E-state index in [1.807, 2.05) is 6.07 Å². The van der Waals surface area contributed by atoms with Crippen molar-refractivity contribution in [3.63, 3.8) is 0 Å². The molecule has 14 heteroatoms. The van der Waals surface area contributed by atoms with Crippen LogP contribution >= 0.6 is 0 Å². The van der Waals surface area contributed by atoms with Crippen molar-refractivity contribution in [2.45, 2.75) is 22.6 Å². The Labute approximate surface area is 248 Å². The van der Waals surface area contributed by atoms with Gasteiger partial charge in [-0.2, -0.15) is 5.26 Å². The van der Waals surface area contributed by atoms with Gasteiger partial charge in [-0.15, -0.1) is 4.13 Å². The zero-order valence-corrected chi connectivity index (χ0v) is 24.8. The van der Waals surface area contributed by atoms with Crippen molar-refractivity contribution in [1.29, 1.82) is 5.26 Å². The molecule has 222 valence electrons. The molecule has 3 aromatic rings. The van der Waals surface area contributed by atoms with Gasteiger partial charge in [-0.3, -0.25) is 4.90 Å². The fourth-order valence-corrected chi connectivity index (χ4v) is 7.84. The molecule has 43 heavy (non-hydrogen) atoms. The number of methoxy groups -OCH3 is 2. The molecule has 4 rings (SSSR count). The standard InChI is InChI=1S/C29H26N4O8S2/c1-18-10-9-13-20(16-18)42(36,37)32-43(38,39)23-15-8-7-14-22(23)33-26(29(35)41-3)25(28(34)40-2)24(21(17-30)27(33)31)19-11-5-4-6-12-19/h4-16,24,32H,31H2,1-3H3. The number of nitrogens with one attached hydrogen (secondary N) is 1. The molecule has 1 atom stereocenters. The number of benzene rings is 3. The van der Waals surface area contributed by atoms with E-state index in [0.29, 0.717) is 11.1 Å². The topological polar surface area (TPSA) is 186 Å². The molecule has 1 aliphatic rings. The molecule has 3 aromatic carbocycles. The molecule has 1 heterocycles. The number of esters is 2. The molecule has 0 saturated heterocycles. The Balaban J connectivity index is 2.00. The van der Waals surface area contributed by atoms with Gasteiger partial charge in [-0.25, -0.2) is 26.4 Å². The Morgan fingerprint density at radius 2 is 1.51 bits per heavy atom. The second-order valence-electron chi connectivity index (χ2n) is 9.21. The number of carbonyl (C=O) groups excluding carboxylic acids is 2. The Morgan fingerprint density at radius 1 is 0.884 bits per heavy atom. The average Bonchev–Trinajstić information content (AvgIpc) is 2.99. The number of hydrogen-bond donors (Lipinski definition) is 2. The van der Waals surface area contributed by atoms with Gasteiger partial charge in [-0.05, 0) is 42.3 Å². The summed E-state index contributed by atoms with van der Waals surface area (Å²) < 4.78 is 65.2. The second kappa shape index (κ2) is 12.1. The van der Waals surface area contributed by atoms with Crippen LogP contribution in [0.4, 0.5) is 5.69 Å². The summed E-state index contributed by atoms with van der Waals surface area (Å²) in [6, 6.07) is 20.9. The van der Waals surface area contributed by atoms with Crippen LogP contribution in [0, 0.1) is 18.3 Å². The Kier molecular flexibility index (Phi) is 8.72. The van der Waals surface area contributed by atoms with Gasteiger partial charge in [0.15, 0.2) is 0 Å². The maximum Gasteiger partial charge on any atom is 0.355 e. The number of nitrogens with two attached hydrogens (primary N) is 1. The van der Waals surface area contributed by atoms with Crippen LogP contribution in [0.1, 0.15) is 17.0 Å². The summed E-state index contributed by atoms with van der Waals surface area (Å²) in [5.41, 5.74) is 6.06. The maximum atomic E-state index is 13.7. The molecule has 1 unspecified atom stereocenters. The number of aryl methyl sites for hydroxylation is 1. The van der Waals surface area contributed by atoms with E-state index in [1.54, 1.807) is 47.4 Å². The minimum Gasteiger partial charge on any atom is -0.466 e. The van der Waals surface area contributed by atoms with E-state index >= 15 is 0 Å². The summed E-state index contributed by atoms with van der Waals surface area (Å²) in [5.74, 6) is -3.70. The van der Waals surface area contributed by atoms with E-state index in [1.165, 1.54) is 36.4 Å². The van der Waals surface area contributed by atoms with E-state index in [-0.39, 0.29) is 21.7 Å². The molecule has 0 aliphatic carbocycles. The number of rotatable bonds is 8. The van der Waals surface area contributed by atoms with Crippen LogP contribution in [0.5, 0.6) is 0 Å². The molecular weight excluding hydrogens is 596 g/mol. The number of hydrogen-bond acceptors (Lipinski definition) is 11. The molecule has 3 N–H and O–H groups in total. The Hall–Kier alpha value is -4.97. The summed E-state index contributed by atoms with van der Waals surface area (Å²) >= 11 is 0. The van der Waals surface area contributed by atoms with E-state index in [9.17, 15) is 31.7 Å². The summed E-state index contributed by atoms with van der Waals surface area (Å²) in [6.07, 6.45) is 0. The number of anilines is 1. The number of nitrogens with zero attached hydrogens (tertiary/aromatic N) is 2. The Morgan fingerprint density at radius 3 is 2.12 bits per heavy atom. The van der Waals surface area contributed by atoms with Crippen LogP contribution < -0.4 is 14.8 Å². The van der Waals surface area contributed by atoms with Gasteiger partial charge in [0, 0.05) is 0 Å². The summed E-state index contributed by atoms with van der Waals surface area (Å²) in [6.45, 7) is 1.64. The number of allylic oxidation sites excluding steroid dienone is 1. The van der Waals surface area contributed by atoms with Gasteiger partial charge in [-0.1, -0.05) is 54.6 Å². The zero-order valence-electron chi connectivity index (χ0n) is 23.1. The van der Waals surface area contributed by atoms with Crippen LogP contribution in [-0.2, 0) is 39.1 Å². The third kappa shape index (κ3) is 5.86. The van der Waals surface area contributed by atoms with Crippen molar-refractivity contribution in [3.8, 4) is 6.07 Å². The van der Waals surface area contributed by atoms with Gasteiger partial charge in [0.05, 0.1) is 47.9 Å². The SMILES string of the molecule is COC(=O)C1=C(C(=O)OC)N(c2ccccc2S(=O)(=O)NS(=O)(=O)c2cccc(C)c2)C(N)=C(C#N)C1c1ccccc1. The highest BCUT2D eigenvalue weighted by Gasteiger charge is 2.44. The van der Waals surface area contributed by atoms with Gasteiger partial charge in [0.1, 0.15) is 16.4 Å². The molecule has 0 bridgehead atoms. The number of sulfonamides is 2. The third-order valence-corrected chi connectivity index (χ3v) is 10.1. The van der Waals surface area contributed by atoms with Crippen molar-refractivity contribution in [1.82, 2.24) is 4.13 Å². The van der Waals surface area contributed by atoms with Crippen LogP contribution in [-0.4, -0.2) is 43.0 Å². The first-order chi connectivity index (χ1) is 20.4. The van der Waals surface area contributed by atoms with Crippen molar-refractivity contribution in [2.75, 3.05) is 19.1 Å². The molecule has 0 amide bonds. The van der Waals surface area contributed by atoms with E-state index < -0.39 is 54.3 Å². The summed E-state index contributed by atoms with van der Waals surface area (Å²) in [7, 11) is -7.39. The molecule has 12 nitrogen and oxygen atoms in total. The summed E-state index contributed by atoms with van der Waals surface area (Å²) in [4.78, 5) is 26.6. The van der Waals surface area contributed by atoms with Crippen molar-refractivity contribution in [2.24, 2.45) is 5.73 Å². The monoisotopic (exact) mass is 622 g/mol. The highest BCUT2D eigenvalue weighted by Crippen LogP contribution is 2.44. The fraction of sp³-hybridized carbons (Fsp3) is 0.138. The van der Waals surface area contributed by atoms with Gasteiger partial charge in [0.2, 0.25) is 0 Å². The zero-order chi connectivity index (χ0) is 31.5. The first-order valence-corrected chi connectivity index (χ1v) is 15.4. The second-order valence-corrected chi connectivity index (χ2v) is 12.8. The summed E-state index contributed by atoms with van der Waals surface area (Å²) in [5, 5.41) is 10.2. The Bertz CT molecular complexity index is 1930. The molecule has 0 spiro atoms. The lowest BCUT2D eigenvalue weighted by Gasteiger charge is -2.36. The van der Waals surface area contributed by atoms with Crippen molar-refractivity contribution in [3.05, 3.63) is 113 Å². The van der Waals surface area contributed by atoms with Crippen molar-refractivity contribution >= 4 is 37.7 Å². The largest absolute Gasteiger partial charge is 0.466 e. The third-order valence-electron chi connectivity index (χ3n) is 6.53. The van der Waals surface area contributed by atoms with E-state index in [2.05, 4.69) is 0 Å². The van der Waals surface area contributed by atoms with Crippen LogP contribution in [0.15, 0.2) is 111 Å². The molecule has 0 aromatic heterocycles. The lowest BCUT2D eigenvalue weighted by molar-refractivity contribution is -0.139. The number of para-hydroxylation sites is 1. The molecule has 0 saturated carbocycles. The predicted molar refractivity (Wildman–Crippen MR) is 155 cm³/mol. The molecular formula is C29H26N4O8S2. The van der Waals surface area contributed by atoms with Gasteiger partial charge < -0.3 is 15.2 Å². The van der Waals surface area contributed by atoms with Gasteiger partial charge >= 0.3 is 11.9 Å². The number of ether oxygens (including phenoxy) is 2. The minimum atomic E-state index is -4.90. The van der Waals surface area contributed by atoms with Crippen LogP contribution in [0.3, 0.4) is 0 Å². The lowest BCUT2D eigenvalue weighted by atomic mass is 9.81. The first-order valence-electron chi connectivity index (χ1n) is 12.5. The smallest absolute Gasteiger partial charge is 0.355 e. The molecule has 0 fully saturated rings. The minimum absolute atomic E-state index is 0.202.